The van der Waals surface area contributed by atoms with Crippen molar-refractivity contribution in [1.29, 1.82) is 0 Å². The van der Waals surface area contributed by atoms with E-state index in [1.807, 2.05) is 62.4 Å². The third-order valence-corrected chi connectivity index (χ3v) is 8.20. The number of ether oxygens (including phenoxy) is 2. The van der Waals surface area contributed by atoms with Crippen molar-refractivity contribution in [2.45, 2.75) is 33.6 Å². The molecule has 8 nitrogen and oxygen atoms in total. The van der Waals surface area contributed by atoms with Crippen LogP contribution in [0.25, 0.3) is 22.3 Å². The number of fused-ring (bicyclic) bond motifs is 1. The molecule has 4 aromatic carbocycles. The topological polar surface area (TPSA) is 94.8 Å². The highest BCUT2D eigenvalue weighted by atomic mass is 79.9. The van der Waals surface area contributed by atoms with E-state index in [2.05, 4.69) is 56.1 Å². The summed E-state index contributed by atoms with van der Waals surface area (Å²) in [4.78, 5) is 31.1. The van der Waals surface area contributed by atoms with Gasteiger partial charge in [0.15, 0.2) is 12.4 Å². The van der Waals surface area contributed by atoms with Crippen molar-refractivity contribution >= 4 is 60.6 Å². The van der Waals surface area contributed by atoms with Crippen molar-refractivity contribution < 1.29 is 14.3 Å². The van der Waals surface area contributed by atoms with Gasteiger partial charge in [-0.2, -0.15) is 9.78 Å². The van der Waals surface area contributed by atoms with Gasteiger partial charge in [-0.15, -0.1) is 0 Å². The van der Waals surface area contributed by atoms with E-state index in [1.54, 1.807) is 36.5 Å². The number of amides is 1. The van der Waals surface area contributed by atoms with Gasteiger partial charge in [0, 0.05) is 11.3 Å². The Morgan fingerprint density at radius 3 is 2.38 bits per heavy atom. The molecule has 0 aliphatic carbocycles. The quantitative estimate of drug-likeness (QED) is 0.146. The Balaban J connectivity index is 1.50. The highest BCUT2D eigenvalue weighted by molar-refractivity contribution is 9.11. The predicted octanol–water partition coefficient (Wildman–Crippen LogP) is 8.32. The number of halogens is 2. The number of carbonyl (C=O) groups is 1. The van der Waals surface area contributed by atoms with E-state index in [-0.39, 0.29) is 24.0 Å². The lowest BCUT2D eigenvalue weighted by Crippen LogP contribution is -2.21. The molecule has 1 heterocycles. The normalized spacial score (nSPS) is 11.4. The van der Waals surface area contributed by atoms with Gasteiger partial charge < -0.3 is 14.8 Å². The van der Waals surface area contributed by atoms with E-state index in [1.165, 1.54) is 4.68 Å². The summed E-state index contributed by atoms with van der Waals surface area (Å²) in [6, 6.07) is 24.1. The van der Waals surface area contributed by atoms with Crippen molar-refractivity contribution in [2.24, 2.45) is 5.10 Å². The molecule has 0 saturated heterocycles. The fourth-order valence-electron chi connectivity index (χ4n) is 4.85. The predicted molar refractivity (Wildman–Crippen MR) is 187 cm³/mol. The fraction of sp³-hybridized carbons (Fsp3) is 0.200. The summed E-state index contributed by atoms with van der Waals surface area (Å²) in [7, 11) is 0. The Morgan fingerprint density at radius 2 is 1.69 bits per heavy atom. The molecule has 45 heavy (non-hydrogen) atoms. The molecule has 0 fully saturated rings. The highest BCUT2D eigenvalue weighted by Gasteiger charge is 2.19. The minimum Gasteiger partial charge on any atom is -0.494 e. The summed E-state index contributed by atoms with van der Waals surface area (Å²) in [5.41, 5.74) is 4.41. The van der Waals surface area contributed by atoms with Crippen LogP contribution in [0.5, 0.6) is 11.5 Å². The number of rotatable bonds is 10. The molecule has 1 aromatic heterocycles. The molecule has 10 heteroatoms. The van der Waals surface area contributed by atoms with Crippen LogP contribution in [0, 0.1) is 6.92 Å². The third kappa shape index (κ3) is 7.34. The maximum Gasteiger partial charge on any atom is 0.282 e. The van der Waals surface area contributed by atoms with Gasteiger partial charge in [0.1, 0.15) is 11.5 Å². The van der Waals surface area contributed by atoms with Crippen LogP contribution in [-0.2, 0) is 4.79 Å². The molecular formula is C35H32Br2N4O4. The van der Waals surface area contributed by atoms with Crippen LogP contribution < -0.4 is 20.3 Å². The van der Waals surface area contributed by atoms with E-state index < -0.39 is 0 Å². The zero-order valence-corrected chi connectivity index (χ0v) is 28.5. The van der Waals surface area contributed by atoms with Crippen molar-refractivity contribution in [3.63, 3.8) is 0 Å². The molecular weight excluding hydrogens is 700 g/mol. The monoisotopic (exact) mass is 730 g/mol. The first-order valence-electron chi connectivity index (χ1n) is 14.5. The standard InChI is InChI=1S/C35H32Br2N4O4/c1-5-44-31-15-22(4)27(18-26(31)21(2)3)34-40-30-14-10-9-13-25(30)35(43)41(34)38-19-23-16-28(36)33(29(37)17-23)45-20-32(42)39-24-11-7-6-8-12-24/h6-19,21H,5,20H2,1-4H3,(H,39,42). The second kappa shape index (κ2) is 14.2. The lowest BCUT2D eigenvalue weighted by atomic mass is 9.96. The minimum absolute atomic E-state index is 0.180. The van der Waals surface area contributed by atoms with E-state index in [4.69, 9.17) is 14.5 Å². The summed E-state index contributed by atoms with van der Waals surface area (Å²) < 4.78 is 14.3. The molecule has 0 aliphatic heterocycles. The SMILES string of the molecule is CCOc1cc(C)c(-c2nc3ccccc3c(=O)n2N=Cc2cc(Br)c(OCC(=O)Nc3ccccc3)c(Br)c2)cc1C(C)C. The van der Waals surface area contributed by atoms with Gasteiger partial charge >= 0.3 is 0 Å². The Labute approximate surface area is 278 Å². The molecule has 0 atom stereocenters. The van der Waals surface area contributed by atoms with Crippen LogP contribution in [0.1, 0.15) is 43.4 Å². The largest absolute Gasteiger partial charge is 0.494 e. The number of hydrogen-bond acceptors (Lipinski definition) is 6. The summed E-state index contributed by atoms with van der Waals surface area (Å²) in [5.74, 6) is 1.62. The number of aromatic nitrogens is 2. The summed E-state index contributed by atoms with van der Waals surface area (Å²) >= 11 is 7.10. The fourth-order valence-corrected chi connectivity index (χ4v) is 6.30. The zero-order valence-electron chi connectivity index (χ0n) is 25.3. The van der Waals surface area contributed by atoms with Crippen LogP contribution in [0.2, 0.25) is 0 Å². The molecule has 0 spiro atoms. The molecule has 5 rings (SSSR count). The second-order valence-corrected chi connectivity index (χ2v) is 12.3. The molecule has 1 amide bonds. The first-order valence-corrected chi connectivity index (χ1v) is 16.1. The van der Waals surface area contributed by atoms with Crippen molar-refractivity contribution in [3.05, 3.63) is 115 Å². The Bertz CT molecular complexity index is 1930. The van der Waals surface area contributed by atoms with E-state index >= 15 is 0 Å². The van der Waals surface area contributed by atoms with Crippen molar-refractivity contribution in [1.82, 2.24) is 9.66 Å². The van der Waals surface area contributed by atoms with Crippen molar-refractivity contribution in [3.8, 4) is 22.9 Å². The summed E-state index contributed by atoms with van der Waals surface area (Å²) in [5, 5.41) is 7.91. The summed E-state index contributed by atoms with van der Waals surface area (Å²) in [6.45, 7) is 8.52. The maximum absolute atomic E-state index is 13.8. The molecule has 1 N–H and O–H groups in total. The Hall–Kier alpha value is -4.28. The minimum atomic E-state index is -0.286. The van der Waals surface area contributed by atoms with Crippen LogP contribution in [-0.4, -0.2) is 35.0 Å². The molecule has 0 aliphatic rings. The van der Waals surface area contributed by atoms with Crippen molar-refractivity contribution in [2.75, 3.05) is 18.5 Å². The second-order valence-electron chi connectivity index (χ2n) is 10.6. The maximum atomic E-state index is 13.8. The average molecular weight is 732 g/mol. The van der Waals surface area contributed by atoms with Crippen LogP contribution >= 0.6 is 31.9 Å². The molecule has 0 saturated carbocycles. The van der Waals surface area contributed by atoms with Gasteiger partial charge in [-0.1, -0.05) is 44.2 Å². The Kier molecular flexibility index (Phi) is 10.1. The van der Waals surface area contributed by atoms with E-state index in [9.17, 15) is 9.59 Å². The molecule has 0 radical (unpaired) electrons. The number of benzene rings is 4. The Morgan fingerprint density at radius 1 is 1.00 bits per heavy atom. The average Bonchev–Trinajstić information content (AvgIpc) is 3.01. The smallest absolute Gasteiger partial charge is 0.282 e. The first-order chi connectivity index (χ1) is 21.7. The first kappa shape index (κ1) is 32.1. The molecule has 0 unspecified atom stereocenters. The van der Waals surface area contributed by atoms with Gasteiger partial charge in [-0.05, 0) is 117 Å². The molecule has 230 valence electrons. The number of carbonyl (C=O) groups excluding carboxylic acids is 1. The number of hydrogen-bond donors (Lipinski definition) is 1. The number of nitrogens with one attached hydrogen (secondary N) is 1. The van der Waals surface area contributed by atoms with Gasteiger partial charge in [-0.25, -0.2) is 4.98 Å². The lowest BCUT2D eigenvalue weighted by Gasteiger charge is -2.18. The number of aryl methyl sites for hydroxylation is 1. The number of anilines is 1. The van der Waals surface area contributed by atoms with Crippen LogP contribution in [0.3, 0.4) is 0 Å². The van der Waals surface area contributed by atoms with Gasteiger partial charge in [-0.3, -0.25) is 9.59 Å². The van der Waals surface area contributed by atoms with Crippen LogP contribution in [0.15, 0.2) is 97.7 Å². The van der Waals surface area contributed by atoms with E-state index in [0.717, 1.165) is 22.4 Å². The third-order valence-electron chi connectivity index (χ3n) is 7.02. The number of nitrogens with zero attached hydrogens (tertiary/aromatic N) is 3. The number of para-hydroxylation sites is 2. The van der Waals surface area contributed by atoms with E-state index in [0.29, 0.717) is 49.3 Å². The molecule has 0 bridgehead atoms. The molecule has 5 aromatic rings. The van der Waals surface area contributed by atoms with Gasteiger partial charge in [0.25, 0.3) is 11.5 Å². The zero-order chi connectivity index (χ0) is 32.1. The highest BCUT2D eigenvalue weighted by Crippen LogP contribution is 2.36. The van der Waals surface area contributed by atoms with Gasteiger partial charge in [0.05, 0.1) is 32.7 Å². The lowest BCUT2D eigenvalue weighted by molar-refractivity contribution is -0.118. The van der Waals surface area contributed by atoms with Crippen LogP contribution in [0.4, 0.5) is 5.69 Å². The summed E-state index contributed by atoms with van der Waals surface area (Å²) in [6.07, 6.45) is 1.59. The van der Waals surface area contributed by atoms with Gasteiger partial charge in [0.2, 0.25) is 0 Å².